The van der Waals surface area contributed by atoms with Crippen molar-refractivity contribution in [3.8, 4) is 0 Å². The Morgan fingerprint density at radius 2 is 2.17 bits per heavy atom. The largest absolute Gasteiger partial charge is 0.366 e. The number of rotatable bonds is 2. The van der Waals surface area contributed by atoms with E-state index in [2.05, 4.69) is 25.7 Å². The lowest BCUT2D eigenvalue weighted by Crippen LogP contribution is -2.50. The Kier molecular flexibility index (Phi) is 3.57. The quantitative estimate of drug-likeness (QED) is 0.775. The number of anilines is 1. The number of benzene rings is 1. The minimum atomic E-state index is -0.0848. The highest BCUT2D eigenvalue weighted by atomic mass is 79.9. The van der Waals surface area contributed by atoms with Crippen LogP contribution < -0.4 is 4.90 Å². The van der Waals surface area contributed by atoms with Gasteiger partial charge in [0.1, 0.15) is 5.82 Å². The van der Waals surface area contributed by atoms with E-state index < -0.39 is 0 Å². The van der Waals surface area contributed by atoms with Gasteiger partial charge in [0.15, 0.2) is 0 Å². The number of fused-ring (bicyclic) bond motifs is 1. The van der Waals surface area contributed by atoms with E-state index in [0.717, 1.165) is 30.9 Å². The van der Waals surface area contributed by atoms with Crippen molar-refractivity contribution in [2.24, 2.45) is 0 Å². The summed E-state index contributed by atoms with van der Waals surface area (Å²) >= 11 is 3.46. The van der Waals surface area contributed by atoms with Gasteiger partial charge >= 0.3 is 0 Å². The number of alkyl halides is 1. The lowest BCUT2D eigenvalue weighted by molar-refractivity contribution is 0.230. The summed E-state index contributed by atoms with van der Waals surface area (Å²) in [6, 6.07) is 6.00. The highest BCUT2D eigenvalue weighted by Gasteiger charge is 2.31. The normalized spacial score (nSPS) is 24.3. The molecular weight excluding hydrogens is 295 g/mol. The third kappa shape index (κ3) is 2.16. The fraction of sp³-hybridized carbons (Fsp3) is 0.571. The average molecular weight is 313 g/mol. The van der Waals surface area contributed by atoms with E-state index in [9.17, 15) is 4.39 Å². The molecule has 2 aliphatic rings. The van der Waals surface area contributed by atoms with Crippen LogP contribution in [0.4, 0.5) is 10.1 Å². The number of hydrogen-bond acceptors (Lipinski definition) is 2. The minimum Gasteiger partial charge on any atom is -0.366 e. The lowest BCUT2D eigenvalue weighted by Gasteiger charge is -2.39. The van der Waals surface area contributed by atoms with Crippen molar-refractivity contribution >= 4 is 21.6 Å². The molecule has 0 N–H and O–H groups in total. The van der Waals surface area contributed by atoms with Crippen LogP contribution in [0.25, 0.3) is 0 Å². The van der Waals surface area contributed by atoms with Gasteiger partial charge in [0.25, 0.3) is 0 Å². The summed E-state index contributed by atoms with van der Waals surface area (Å²) in [5.74, 6) is -0.0848. The standard InChI is InChI=1S/C14H18BrFN2/c15-9-11-3-1-5-13(16)14(11)18-8-7-17-6-2-4-12(17)10-18/h1,3,5,12H,2,4,6-10H2. The molecule has 4 heteroatoms. The van der Waals surface area contributed by atoms with Gasteiger partial charge in [-0.1, -0.05) is 28.1 Å². The van der Waals surface area contributed by atoms with Crippen molar-refractivity contribution in [2.75, 3.05) is 31.1 Å². The van der Waals surface area contributed by atoms with Gasteiger partial charge in [0.2, 0.25) is 0 Å². The van der Waals surface area contributed by atoms with Gasteiger partial charge in [-0.3, -0.25) is 4.90 Å². The summed E-state index contributed by atoms with van der Waals surface area (Å²) in [5, 5.41) is 0.713. The van der Waals surface area contributed by atoms with E-state index in [1.54, 1.807) is 12.1 Å². The van der Waals surface area contributed by atoms with E-state index >= 15 is 0 Å². The van der Waals surface area contributed by atoms with Crippen LogP contribution in [0.3, 0.4) is 0 Å². The second-order valence-electron chi connectivity index (χ2n) is 5.16. The van der Waals surface area contributed by atoms with Gasteiger partial charge < -0.3 is 4.90 Å². The van der Waals surface area contributed by atoms with Crippen molar-refractivity contribution in [2.45, 2.75) is 24.2 Å². The van der Waals surface area contributed by atoms with Crippen molar-refractivity contribution in [3.05, 3.63) is 29.6 Å². The van der Waals surface area contributed by atoms with Crippen LogP contribution in [0, 0.1) is 5.82 Å². The highest BCUT2D eigenvalue weighted by molar-refractivity contribution is 9.08. The summed E-state index contributed by atoms with van der Waals surface area (Å²) in [4.78, 5) is 4.78. The maximum absolute atomic E-state index is 14.1. The van der Waals surface area contributed by atoms with Crippen molar-refractivity contribution in [1.82, 2.24) is 4.90 Å². The van der Waals surface area contributed by atoms with Crippen molar-refractivity contribution in [3.63, 3.8) is 0 Å². The topological polar surface area (TPSA) is 6.48 Å². The molecule has 0 spiro atoms. The van der Waals surface area contributed by atoms with E-state index in [1.165, 1.54) is 19.4 Å². The molecule has 2 heterocycles. The molecule has 2 aliphatic heterocycles. The molecule has 0 saturated carbocycles. The van der Waals surface area contributed by atoms with E-state index in [1.807, 2.05) is 6.07 Å². The fourth-order valence-electron chi connectivity index (χ4n) is 3.22. The molecule has 3 rings (SSSR count). The molecule has 2 fully saturated rings. The van der Waals surface area contributed by atoms with Gasteiger partial charge in [0.05, 0.1) is 5.69 Å². The van der Waals surface area contributed by atoms with Crippen LogP contribution in [0.2, 0.25) is 0 Å². The predicted molar refractivity (Wildman–Crippen MR) is 75.8 cm³/mol. The second kappa shape index (κ2) is 5.17. The molecule has 18 heavy (non-hydrogen) atoms. The zero-order valence-corrected chi connectivity index (χ0v) is 12.0. The number of para-hydroxylation sites is 1. The summed E-state index contributed by atoms with van der Waals surface area (Å²) in [7, 11) is 0. The van der Waals surface area contributed by atoms with Crippen molar-refractivity contribution < 1.29 is 4.39 Å². The Balaban J connectivity index is 1.86. The smallest absolute Gasteiger partial charge is 0.146 e. The second-order valence-corrected chi connectivity index (χ2v) is 5.72. The molecule has 1 aromatic rings. The fourth-order valence-corrected chi connectivity index (χ4v) is 3.67. The third-order valence-corrected chi connectivity index (χ3v) is 4.72. The van der Waals surface area contributed by atoms with E-state index in [4.69, 9.17) is 0 Å². The van der Waals surface area contributed by atoms with Crippen LogP contribution in [-0.2, 0) is 5.33 Å². The molecule has 2 saturated heterocycles. The van der Waals surface area contributed by atoms with Gasteiger partial charge in [0, 0.05) is 31.0 Å². The Bertz CT molecular complexity index is 438. The first kappa shape index (κ1) is 12.4. The van der Waals surface area contributed by atoms with Crippen LogP contribution in [0.1, 0.15) is 18.4 Å². The number of piperazine rings is 1. The first-order valence-electron chi connectivity index (χ1n) is 6.62. The molecule has 1 aromatic carbocycles. The SMILES string of the molecule is Fc1cccc(CBr)c1N1CCN2CCCC2C1. The zero-order valence-electron chi connectivity index (χ0n) is 10.4. The summed E-state index contributed by atoms with van der Waals surface area (Å²) in [6.45, 7) is 4.21. The average Bonchev–Trinajstić information content (AvgIpc) is 2.85. The highest BCUT2D eigenvalue weighted by Crippen LogP contribution is 2.30. The van der Waals surface area contributed by atoms with Gasteiger partial charge in [-0.2, -0.15) is 0 Å². The molecular formula is C14H18BrFN2. The Morgan fingerprint density at radius 1 is 1.28 bits per heavy atom. The van der Waals surface area contributed by atoms with Crippen LogP contribution in [0.5, 0.6) is 0 Å². The predicted octanol–water partition coefficient (Wildman–Crippen LogP) is 3.01. The molecule has 0 radical (unpaired) electrons. The first-order chi connectivity index (χ1) is 8.79. The maximum Gasteiger partial charge on any atom is 0.146 e. The summed E-state index contributed by atoms with van der Waals surface area (Å²) < 4.78 is 14.1. The van der Waals surface area contributed by atoms with E-state index in [-0.39, 0.29) is 5.82 Å². The Labute approximate surface area is 116 Å². The molecule has 98 valence electrons. The van der Waals surface area contributed by atoms with Gasteiger partial charge in [-0.05, 0) is 31.0 Å². The number of nitrogens with zero attached hydrogens (tertiary/aromatic N) is 2. The first-order valence-corrected chi connectivity index (χ1v) is 7.74. The molecule has 2 nitrogen and oxygen atoms in total. The van der Waals surface area contributed by atoms with Crippen LogP contribution in [0.15, 0.2) is 18.2 Å². The van der Waals surface area contributed by atoms with Crippen molar-refractivity contribution in [1.29, 1.82) is 0 Å². The molecule has 0 bridgehead atoms. The third-order valence-electron chi connectivity index (χ3n) is 4.12. The number of halogens is 2. The Morgan fingerprint density at radius 3 is 3.00 bits per heavy atom. The van der Waals surface area contributed by atoms with E-state index in [0.29, 0.717) is 11.4 Å². The molecule has 1 atom stereocenters. The molecule has 0 aliphatic carbocycles. The maximum atomic E-state index is 14.1. The summed E-state index contributed by atoms with van der Waals surface area (Å²) in [5.41, 5.74) is 1.86. The molecule has 0 amide bonds. The van der Waals surface area contributed by atoms with Crippen LogP contribution in [-0.4, -0.2) is 37.1 Å². The minimum absolute atomic E-state index is 0.0848. The Hall–Kier alpha value is -0.610. The zero-order chi connectivity index (χ0) is 12.5. The number of hydrogen-bond donors (Lipinski definition) is 0. The summed E-state index contributed by atoms with van der Waals surface area (Å²) in [6.07, 6.45) is 2.55. The monoisotopic (exact) mass is 312 g/mol. The molecule has 1 unspecified atom stereocenters. The molecule has 0 aromatic heterocycles. The lowest BCUT2D eigenvalue weighted by atomic mass is 10.1. The van der Waals surface area contributed by atoms with Gasteiger partial charge in [-0.15, -0.1) is 0 Å². The van der Waals surface area contributed by atoms with Crippen LogP contribution >= 0.6 is 15.9 Å². The van der Waals surface area contributed by atoms with Gasteiger partial charge in [-0.25, -0.2) is 4.39 Å².